The van der Waals surface area contributed by atoms with Crippen LogP contribution in [-0.4, -0.2) is 23.7 Å². The number of hydrogen-bond donors (Lipinski definition) is 2. The number of benzene rings is 2. The summed E-state index contributed by atoms with van der Waals surface area (Å²) in [7, 11) is 0. The quantitative estimate of drug-likeness (QED) is 0.556. The molecule has 1 atom stereocenters. The second-order valence-corrected chi connectivity index (χ2v) is 6.63. The third-order valence-electron chi connectivity index (χ3n) is 4.16. The summed E-state index contributed by atoms with van der Waals surface area (Å²) in [5.74, 6) is -0.316. The summed E-state index contributed by atoms with van der Waals surface area (Å²) < 4.78 is 5.09. The van der Waals surface area contributed by atoms with Gasteiger partial charge in [-0.15, -0.1) is 0 Å². The second-order valence-electron chi connectivity index (χ2n) is 6.22. The number of carbonyl (C=O) groups excluding carboxylic acids is 1. The summed E-state index contributed by atoms with van der Waals surface area (Å²) in [6.07, 6.45) is 1.97. The summed E-state index contributed by atoms with van der Waals surface area (Å²) in [5.41, 5.74) is 3.50. The molecule has 0 saturated heterocycles. The first-order chi connectivity index (χ1) is 12.5. The van der Waals surface area contributed by atoms with Gasteiger partial charge in [-0.05, 0) is 69.1 Å². The fourth-order valence-corrected chi connectivity index (χ4v) is 2.99. The zero-order valence-corrected chi connectivity index (χ0v) is 16.4. The number of hydrogen-bond acceptors (Lipinski definition) is 3. The fourth-order valence-electron chi connectivity index (χ4n) is 2.68. The summed E-state index contributed by atoms with van der Waals surface area (Å²) in [6.45, 7) is 6.15. The minimum atomic E-state index is -0.316. The van der Waals surface area contributed by atoms with E-state index in [1.807, 2.05) is 25.1 Å². The van der Waals surface area contributed by atoms with Crippen LogP contribution >= 0.6 is 12.2 Å². The summed E-state index contributed by atoms with van der Waals surface area (Å²) >= 11 is 5.42. The number of nitrogens with one attached hydrogen (secondary N) is 2. The smallest absolute Gasteiger partial charge is 0.338 e. The number of thiocarbonyl (C=S) groups is 1. The van der Waals surface area contributed by atoms with Crippen LogP contribution in [0.2, 0.25) is 0 Å². The van der Waals surface area contributed by atoms with Crippen molar-refractivity contribution in [1.29, 1.82) is 0 Å². The van der Waals surface area contributed by atoms with Crippen molar-refractivity contribution in [2.75, 3.05) is 11.9 Å². The van der Waals surface area contributed by atoms with Crippen molar-refractivity contribution < 1.29 is 9.53 Å². The topological polar surface area (TPSA) is 50.4 Å². The number of rotatable bonds is 7. The molecule has 138 valence electrons. The van der Waals surface area contributed by atoms with Gasteiger partial charge in [0.05, 0.1) is 12.2 Å². The van der Waals surface area contributed by atoms with E-state index in [0.717, 1.165) is 24.1 Å². The van der Waals surface area contributed by atoms with Gasteiger partial charge in [0, 0.05) is 11.7 Å². The van der Waals surface area contributed by atoms with E-state index in [4.69, 9.17) is 17.0 Å². The molecule has 2 aromatic rings. The number of ether oxygens (including phenoxy) is 1. The summed E-state index contributed by atoms with van der Waals surface area (Å²) in [6, 6.07) is 16.1. The lowest BCUT2D eigenvalue weighted by molar-refractivity contribution is 0.0525. The first-order valence-corrected chi connectivity index (χ1v) is 9.30. The van der Waals surface area contributed by atoms with Crippen LogP contribution < -0.4 is 10.6 Å². The molecule has 0 bridgehead atoms. The molecule has 2 N–H and O–H groups in total. The fraction of sp³-hybridized carbons (Fsp3) is 0.333. The third-order valence-corrected chi connectivity index (χ3v) is 4.38. The Morgan fingerprint density at radius 2 is 1.88 bits per heavy atom. The lowest BCUT2D eigenvalue weighted by Gasteiger charge is -2.18. The van der Waals surface area contributed by atoms with E-state index in [1.54, 1.807) is 13.0 Å². The van der Waals surface area contributed by atoms with E-state index in [-0.39, 0.29) is 12.0 Å². The minimum Gasteiger partial charge on any atom is -0.462 e. The molecule has 0 aliphatic rings. The lowest BCUT2D eigenvalue weighted by atomic mass is 10.1. The van der Waals surface area contributed by atoms with Gasteiger partial charge in [-0.1, -0.05) is 36.4 Å². The molecule has 26 heavy (non-hydrogen) atoms. The number of anilines is 1. The van der Waals surface area contributed by atoms with Gasteiger partial charge < -0.3 is 15.4 Å². The standard InChI is InChI=1S/C21H26N2O2S/c1-4-25-20(24)18-11-8-12-19(16(18)3)23-21(26)22-15(2)13-14-17-9-6-5-7-10-17/h5-12,15H,4,13-14H2,1-3H3,(H2,22,23,26)/t15-/m0/s1. The number of esters is 1. The first-order valence-electron chi connectivity index (χ1n) is 8.89. The molecule has 5 heteroatoms. The van der Waals surface area contributed by atoms with Crippen LogP contribution in [0.1, 0.15) is 41.8 Å². The zero-order chi connectivity index (χ0) is 18.9. The Hall–Kier alpha value is -2.40. The van der Waals surface area contributed by atoms with Gasteiger partial charge in [0.15, 0.2) is 5.11 Å². The van der Waals surface area contributed by atoms with Crippen LogP contribution in [-0.2, 0) is 11.2 Å². The van der Waals surface area contributed by atoms with Gasteiger partial charge in [-0.25, -0.2) is 4.79 Å². The van der Waals surface area contributed by atoms with E-state index >= 15 is 0 Å². The first kappa shape index (κ1) is 19.9. The molecule has 0 aliphatic carbocycles. The van der Waals surface area contributed by atoms with Crippen molar-refractivity contribution >= 4 is 29.0 Å². The summed E-state index contributed by atoms with van der Waals surface area (Å²) in [5, 5.41) is 7.04. The van der Waals surface area contributed by atoms with Crippen LogP contribution in [0.4, 0.5) is 5.69 Å². The number of carbonyl (C=O) groups is 1. The van der Waals surface area contributed by atoms with E-state index < -0.39 is 0 Å². The van der Waals surface area contributed by atoms with Gasteiger partial charge in [-0.2, -0.15) is 0 Å². The molecule has 0 aromatic heterocycles. The maximum absolute atomic E-state index is 12.0. The maximum atomic E-state index is 12.0. The molecular weight excluding hydrogens is 344 g/mol. The molecule has 0 heterocycles. The molecule has 2 aromatic carbocycles. The Kier molecular flexibility index (Phi) is 7.60. The zero-order valence-electron chi connectivity index (χ0n) is 15.5. The lowest BCUT2D eigenvalue weighted by Crippen LogP contribution is -2.36. The highest BCUT2D eigenvalue weighted by molar-refractivity contribution is 7.80. The average molecular weight is 371 g/mol. The molecular formula is C21H26N2O2S. The van der Waals surface area contributed by atoms with Crippen molar-refractivity contribution in [1.82, 2.24) is 5.32 Å². The molecule has 0 unspecified atom stereocenters. The van der Waals surface area contributed by atoms with Crippen molar-refractivity contribution in [2.45, 2.75) is 39.7 Å². The van der Waals surface area contributed by atoms with Crippen LogP contribution in [0.5, 0.6) is 0 Å². The average Bonchev–Trinajstić information content (AvgIpc) is 2.62. The predicted octanol–water partition coefficient (Wildman–Crippen LogP) is 4.48. The Labute approximate surface area is 161 Å². The molecule has 0 amide bonds. The van der Waals surface area contributed by atoms with Gasteiger partial charge in [0.1, 0.15) is 0 Å². The van der Waals surface area contributed by atoms with Crippen LogP contribution in [0.25, 0.3) is 0 Å². The van der Waals surface area contributed by atoms with Crippen molar-refractivity contribution in [3.8, 4) is 0 Å². The molecule has 4 nitrogen and oxygen atoms in total. The van der Waals surface area contributed by atoms with E-state index in [2.05, 4.69) is 41.8 Å². The second kappa shape index (κ2) is 9.92. The monoisotopic (exact) mass is 370 g/mol. The van der Waals surface area contributed by atoms with Crippen LogP contribution in [0.3, 0.4) is 0 Å². The molecule has 0 radical (unpaired) electrons. The maximum Gasteiger partial charge on any atom is 0.338 e. The highest BCUT2D eigenvalue weighted by Crippen LogP contribution is 2.20. The van der Waals surface area contributed by atoms with Crippen molar-refractivity contribution in [3.63, 3.8) is 0 Å². The van der Waals surface area contributed by atoms with E-state index in [1.165, 1.54) is 5.56 Å². The largest absolute Gasteiger partial charge is 0.462 e. The molecule has 2 rings (SSSR count). The van der Waals surface area contributed by atoms with Gasteiger partial charge >= 0.3 is 5.97 Å². The normalized spacial score (nSPS) is 11.5. The van der Waals surface area contributed by atoms with Crippen LogP contribution in [0.15, 0.2) is 48.5 Å². The highest BCUT2D eigenvalue weighted by Gasteiger charge is 2.13. The predicted molar refractivity (Wildman–Crippen MR) is 111 cm³/mol. The molecule has 0 saturated carbocycles. The Balaban J connectivity index is 1.91. The SMILES string of the molecule is CCOC(=O)c1cccc(NC(=S)N[C@@H](C)CCc2ccccc2)c1C. The Bertz CT molecular complexity index is 747. The molecule has 0 aliphatic heterocycles. The van der Waals surface area contributed by atoms with Gasteiger partial charge in [-0.3, -0.25) is 0 Å². The molecule has 0 spiro atoms. The van der Waals surface area contributed by atoms with Gasteiger partial charge in [0.2, 0.25) is 0 Å². The highest BCUT2D eigenvalue weighted by atomic mass is 32.1. The van der Waals surface area contributed by atoms with E-state index in [9.17, 15) is 4.79 Å². The number of aryl methyl sites for hydroxylation is 1. The Morgan fingerprint density at radius 1 is 1.15 bits per heavy atom. The van der Waals surface area contributed by atoms with Crippen molar-refractivity contribution in [2.24, 2.45) is 0 Å². The van der Waals surface area contributed by atoms with Crippen LogP contribution in [0, 0.1) is 6.92 Å². The summed E-state index contributed by atoms with van der Waals surface area (Å²) in [4.78, 5) is 12.0. The third kappa shape index (κ3) is 5.85. The van der Waals surface area contributed by atoms with Gasteiger partial charge in [0.25, 0.3) is 0 Å². The minimum absolute atomic E-state index is 0.240. The van der Waals surface area contributed by atoms with Crippen molar-refractivity contribution in [3.05, 3.63) is 65.2 Å². The van der Waals surface area contributed by atoms with E-state index in [0.29, 0.717) is 17.3 Å². The Morgan fingerprint density at radius 3 is 2.58 bits per heavy atom. The molecule has 0 fully saturated rings.